The van der Waals surface area contributed by atoms with Crippen molar-refractivity contribution in [1.82, 2.24) is 19.8 Å². The van der Waals surface area contributed by atoms with Gasteiger partial charge in [-0.1, -0.05) is 44.9 Å². The number of rotatable bonds is 18. The van der Waals surface area contributed by atoms with E-state index >= 15 is 0 Å². The summed E-state index contributed by atoms with van der Waals surface area (Å²) in [4.78, 5) is 69.8. The standard InChI is InChI=1S/C49H64ClN5O9/c1-8-31-24-49(31,46(59)60-7)25-39(56)38-21-33(26-55(38)45(58)35(48(4,5)6)22-42(57)64-32-19-29-18-30(29)20-32)63-41-23-36(37-27-62-47(53-37)51-28(2)3)52-44-34(41)12-13-40(43(44)50)61-17-16-54-14-10-9-11-15-54/h8,12-13,23,27-33,35,38H,1,9-11,14-22,24-26H2,2-7H3,(H,51,53)/t29-,30+,31-,32?,33-,35-,38?,49-/m1/s1. The first-order valence-corrected chi connectivity index (χ1v) is 23.6. The van der Waals surface area contributed by atoms with Gasteiger partial charge in [0.1, 0.15) is 47.3 Å². The van der Waals surface area contributed by atoms with E-state index in [0.29, 0.717) is 69.7 Å². The number of carbonyl (C=O) groups excluding carboxylic acids is 4. The number of anilines is 1. The van der Waals surface area contributed by atoms with Crippen LogP contribution in [-0.4, -0.2) is 108 Å². The predicted octanol–water partition coefficient (Wildman–Crippen LogP) is 8.30. The second-order valence-electron chi connectivity index (χ2n) is 20.1. The molecule has 0 radical (unpaired) electrons. The molecule has 0 spiro atoms. The molecule has 15 heteroatoms. The summed E-state index contributed by atoms with van der Waals surface area (Å²) in [6.45, 7) is 17.0. The highest BCUT2D eigenvalue weighted by molar-refractivity contribution is 6.36. The van der Waals surface area contributed by atoms with Gasteiger partial charge in [-0.05, 0) is 101 Å². The summed E-state index contributed by atoms with van der Waals surface area (Å²) < 4.78 is 30.0. The smallest absolute Gasteiger partial charge is 0.312 e. The number of carbonyl (C=O) groups is 4. The topological polar surface area (TPSA) is 163 Å². The fourth-order valence-electron chi connectivity index (χ4n) is 10.2. The first-order chi connectivity index (χ1) is 30.6. The Bertz CT molecular complexity index is 2240. The highest BCUT2D eigenvalue weighted by Gasteiger charge is 2.61. The quantitative estimate of drug-likeness (QED) is 0.0960. The zero-order valence-electron chi connectivity index (χ0n) is 38.2. The molecular formula is C49H64ClN5O9. The number of likely N-dealkylation sites (tertiary alicyclic amines) is 2. The number of hydrogen-bond acceptors (Lipinski definition) is 13. The number of methoxy groups -OCH3 is 1. The van der Waals surface area contributed by atoms with Gasteiger partial charge in [0.2, 0.25) is 5.91 Å². The van der Waals surface area contributed by atoms with E-state index in [4.69, 9.17) is 39.9 Å². The van der Waals surface area contributed by atoms with Crippen molar-refractivity contribution in [1.29, 1.82) is 0 Å². The first-order valence-electron chi connectivity index (χ1n) is 23.2. The molecule has 346 valence electrons. The summed E-state index contributed by atoms with van der Waals surface area (Å²) in [6.07, 6.45) is 9.29. The average molecular weight is 903 g/mol. The molecule has 0 bridgehead atoms. The summed E-state index contributed by atoms with van der Waals surface area (Å²) in [5.74, 6) is -0.344. The summed E-state index contributed by atoms with van der Waals surface area (Å²) in [5, 5.41) is 4.09. The van der Waals surface area contributed by atoms with Crippen LogP contribution in [0.3, 0.4) is 0 Å². The van der Waals surface area contributed by atoms with Gasteiger partial charge in [0, 0.05) is 36.9 Å². The van der Waals surface area contributed by atoms with Gasteiger partial charge in [-0.3, -0.25) is 24.1 Å². The summed E-state index contributed by atoms with van der Waals surface area (Å²) in [6, 6.07) is 4.90. The number of ether oxygens (including phenoxy) is 4. The molecule has 8 rings (SSSR count). The van der Waals surface area contributed by atoms with Crippen LogP contribution in [0.5, 0.6) is 11.5 Å². The highest BCUT2D eigenvalue weighted by Crippen LogP contribution is 2.57. The molecule has 3 saturated carbocycles. The number of nitrogens with zero attached hydrogens (tertiary/aromatic N) is 4. The van der Waals surface area contributed by atoms with Crippen LogP contribution in [0.4, 0.5) is 6.01 Å². The van der Waals surface area contributed by atoms with Crippen molar-refractivity contribution in [2.45, 2.75) is 123 Å². The lowest BCUT2D eigenvalue weighted by Crippen LogP contribution is -2.48. The van der Waals surface area contributed by atoms with Crippen LogP contribution in [0, 0.1) is 34.5 Å². The molecule has 2 unspecified atom stereocenters. The molecular weight excluding hydrogens is 838 g/mol. The number of pyridine rings is 1. The number of piperidine rings is 1. The Hall–Kier alpha value is -4.69. The van der Waals surface area contributed by atoms with Crippen LogP contribution in [0.2, 0.25) is 5.02 Å². The van der Waals surface area contributed by atoms with E-state index in [1.165, 1.54) is 39.1 Å². The second-order valence-corrected chi connectivity index (χ2v) is 20.5. The van der Waals surface area contributed by atoms with Crippen LogP contribution < -0.4 is 14.8 Å². The Kier molecular flexibility index (Phi) is 13.4. The second kappa shape index (κ2) is 18.7. The van der Waals surface area contributed by atoms with Gasteiger partial charge < -0.3 is 33.6 Å². The largest absolute Gasteiger partial charge is 0.491 e. The number of oxazole rings is 1. The summed E-state index contributed by atoms with van der Waals surface area (Å²) in [7, 11) is 1.31. The molecule has 14 nitrogen and oxygen atoms in total. The average Bonchev–Trinajstić information content (AvgIpc) is 3.92. The number of ketones is 1. The number of nitrogens with one attached hydrogen (secondary N) is 1. The van der Waals surface area contributed by atoms with Crippen molar-refractivity contribution < 1.29 is 42.5 Å². The number of allylic oxidation sites excluding steroid dienone is 1. The molecule has 3 aliphatic carbocycles. The number of halogens is 1. The molecule has 8 atom stereocenters. The fraction of sp³-hybridized carbons (Fsp3) is 0.633. The van der Waals surface area contributed by atoms with Crippen LogP contribution in [-0.2, 0) is 28.7 Å². The molecule has 1 N–H and O–H groups in total. The number of hydrogen-bond donors (Lipinski definition) is 1. The SMILES string of the molecule is C=C[C@@H]1C[C@]1(CC(=O)C1C[C@@H](Oc2cc(-c3coc(NC(C)C)n3)nc3c(Cl)c(OCCN4CCCCC4)ccc23)CN1C(=O)[C@@H](CC(=O)OC1C[C@@H]2C[C@@H]2C1)C(C)(C)C)C(=O)OC. The van der Waals surface area contributed by atoms with Crippen molar-refractivity contribution in [3.8, 4) is 22.9 Å². The molecule has 3 aromatic rings. The number of Topliss-reactive ketones (excluding diaryl/α,β-unsaturated/α-hetero) is 1. The lowest BCUT2D eigenvalue weighted by atomic mass is 9.77. The van der Waals surface area contributed by atoms with Crippen molar-refractivity contribution in [3.63, 3.8) is 0 Å². The molecule has 1 amide bonds. The third-order valence-corrected chi connectivity index (χ3v) is 14.4. The lowest BCUT2D eigenvalue weighted by molar-refractivity contribution is -0.157. The van der Waals surface area contributed by atoms with Crippen LogP contribution in [0.15, 0.2) is 41.5 Å². The Balaban J connectivity index is 1.10. The Morgan fingerprint density at radius 2 is 1.77 bits per heavy atom. The molecule has 4 heterocycles. The van der Waals surface area contributed by atoms with E-state index < -0.39 is 40.8 Å². The maximum atomic E-state index is 15.0. The van der Waals surface area contributed by atoms with E-state index in [9.17, 15) is 19.2 Å². The number of fused-ring (bicyclic) bond motifs is 2. The molecule has 5 fully saturated rings. The molecule has 2 aromatic heterocycles. The Labute approximate surface area is 381 Å². The highest BCUT2D eigenvalue weighted by atomic mass is 35.5. The van der Waals surface area contributed by atoms with Gasteiger partial charge in [-0.15, -0.1) is 6.58 Å². The van der Waals surface area contributed by atoms with Gasteiger partial charge in [0.15, 0.2) is 5.78 Å². The number of esters is 2. The van der Waals surface area contributed by atoms with Crippen molar-refractivity contribution in [2.75, 3.05) is 45.2 Å². The van der Waals surface area contributed by atoms with Gasteiger partial charge >= 0.3 is 11.9 Å². The van der Waals surface area contributed by atoms with Crippen molar-refractivity contribution >= 4 is 52.1 Å². The fourth-order valence-corrected chi connectivity index (χ4v) is 10.5. The number of aromatic nitrogens is 2. The molecule has 64 heavy (non-hydrogen) atoms. The molecule has 5 aliphatic rings. The van der Waals surface area contributed by atoms with Crippen LogP contribution in [0.25, 0.3) is 22.3 Å². The number of benzene rings is 1. The van der Waals surface area contributed by atoms with E-state index in [1.807, 2.05) is 46.8 Å². The molecule has 1 aromatic carbocycles. The van der Waals surface area contributed by atoms with E-state index in [-0.39, 0.29) is 55.6 Å². The van der Waals surface area contributed by atoms with Gasteiger partial charge in [0.25, 0.3) is 6.01 Å². The third-order valence-electron chi connectivity index (χ3n) is 14.1. The van der Waals surface area contributed by atoms with Gasteiger partial charge in [-0.2, -0.15) is 4.98 Å². The minimum absolute atomic E-state index is 0.0515. The van der Waals surface area contributed by atoms with E-state index in [1.54, 1.807) is 17.0 Å². The Morgan fingerprint density at radius 1 is 1.02 bits per heavy atom. The van der Waals surface area contributed by atoms with Gasteiger partial charge in [-0.25, -0.2) is 4.98 Å². The van der Waals surface area contributed by atoms with Crippen molar-refractivity contribution in [3.05, 3.63) is 42.1 Å². The van der Waals surface area contributed by atoms with E-state index in [0.717, 1.165) is 32.5 Å². The van der Waals surface area contributed by atoms with Crippen molar-refractivity contribution in [2.24, 2.45) is 34.5 Å². The third kappa shape index (κ3) is 9.93. The minimum Gasteiger partial charge on any atom is -0.491 e. The number of amides is 1. The normalized spacial score (nSPS) is 26.9. The van der Waals surface area contributed by atoms with Crippen LogP contribution in [0.1, 0.15) is 98.8 Å². The minimum atomic E-state index is -1.04. The summed E-state index contributed by atoms with van der Waals surface area (Å²) in [5.41, 5.74) is -0.386. The molecule has 2 aliphatic heterocycles. The van der Waals surface area contributed by atoms with Crippen LogP contribution >= 0.6 is 11.6 Å². The lowest BCUT2D eigenvalue weighted by Gasteiger charge is -2.35. The monoisotopic (exact) mass is 901 g/mol. The zero-order valence-corrected chi connectivity index (χ0v) is 38.9. The maximum absolute atomic E-state index is 15.0. The van der Waals surface area contributed by atoms with E-state index in [2.05, 4.69) is 21.8 Å². The first kappa shape index (κ1) is 45.9. The maximum Gasteiger partial charge on any atom is 0.312 e. The molecule has 2 saturated heterocycles. The van der Waals surface area contributed by atoms with Gasteiger partial charge in [0.05, 0.1) is 48.7 Å². The predicted molar refractivity (Wildman–Crippen MR) is 242 cm³/mol. The Morgan fingerprint density at radius 3 is 2.44 bits per heavy atom. The summed E-state index contributed by atoms with van der Waals surface area (Å²) >= 11 is 7.13. The zero-order chi connectivity index (χ0) is 45.5.